The van der Waals surface area contributed by atoms with E-state index in [1.807, 2.05) is 24.3 Å². The number of benzene rings is 2. The lowest BCUT2D eigenvalue weighted by atomic mass is 9.85. The molecule has 1 heterocycles. The lowest BCUT2D eigenvalue weighted by Crippen LogP contribution is -2.55. The number of hydrogen-bond donors (Lipinski definition) is 3. The molecular weight excluding hydrogens is 354 g/mol. The Kier molecular flexibility index (Phi) is 5.63. The van der Waals surface area contributed by atoms with Gasteiger partial charge in [0.1, 0.15) is 11.8 Å². The van der Waals surface area contributed by atoms with E-state index in [0.717, 1.165) is 17.7 Å². The van der Waals surface area contributed by atoms with Crippen LogP contribution in [0.1, 0.15) is 17.9 Å². The average Bonchev–Trinajstić information content (AvgIpc) is 2.65. The van der Waals surface area contributed by atoms with Crippen LogP contribution in [-0.4, -0.2) is 31.6 Å². The van der Waals surface area contributed by atoms with Crippen LogP contribution in [0.25, 0.3) is 0 Å². The highest BCUT2D eigenvalue weighted by Gasteiger charge is 2.34. The van der Waals surface area contributed by atoms with E-state index in [1.165, 1.54) is 0 Å². The van der Waals surface area contributed by atoms with Gasteiger partial charge >= 0.3 is 6.03 Å². The molecule has 2 atom stereocenters. The average molecular weight is 374 g/mol. The van der Waals surface area contributed by atoms with Gasteiger partial charge in [-0.05, 0) is 48.4 Å². The fourth-order valence-electron chi connectivity index (χ4n) is 3.03. The van der Waals surface area contributed by atoms with E-state index in [9.17, 15) is 9.59 Å². The summed E-state index contributed by atoms with van der Waals surface area (Å²) in [5, 5.41) is 8.89. The lowest BCUT2D eigenvalue weighted by molar-refractivity contribution is -0.124. The summed E-state index contributed by atoms with van der Waals surface area (Å²) in [5.41, 5.74) is 1.58. The first kappa shape index (κ1) is 18.1. The molecule has 26 heavy (non-hydrogen) atoms. The van der Waals surface area contributed by atoms with Crippen molar-refractivity contribution in [3.63, 3.8) is 0 Å². The third kappa shape index (κ3) is 4.26. The molecule has 1 aliphatic rings. The number of carbonyl (C=O) groups excluding carboxylic acids is 2. The van der Waals surface area contributed by atoms with Crippen molar-refractivity contribution in [1.29, 1.82) is 0 Å². The zero-order valence-corrected chi connectivity index (χ0v) is 15.0. The largest absolute Gasteiger partial charge is 0.497 e. The second kappa shape index (κ2) is 8.10. The van der Waals surface area contributed by atoms with Gasteiger partial charge in [-0.25, -0.2) is 4.79 Å². The van der Waals surface area contributed by atoms with Crippen LogP contribution in [0.5, 0.6) is 5.75 Å². The first-order valence-corrected chi connectivity index (χ1v) is 8.69. The number of piperidine rings is 1. The number of amides is 3. The summed E-state index contributed by atoms with van der Waals surface area (Å²) in [7, 11) is 1.61. The van der Waals surface area contributed by atoms with Gasteiger partial charge in [0.15, 0.2) is 0 Å². The van der Waals surface area contributed by atoms with Crippen LogP contribution < -0.4 is 20.7 Å². The van der Waals surface area contributed by atoms with Crippen molar-refractivity contribution in [2.75, 3.05) is 19.0 Å². The van der Waals surface area contributed by atoms with Gasteiger partial charge in [0.2, 0.25) is 5.91 Å². The third-order valence-electron chi connectivity index (χ3n) is 4.37. The number of methoxy groups -OCH3 is 1. The van der Waals surface area contributed by atoms with Crippen LogP contribution >= 0.6 is 11.6 Å². The SMILES string of the molecule is COc1ccc([C@H]2CCNC(=O)[C@@H]2NC(=O)Nc2ccc(Cl)cc2)cc1. The van der Waals surface area contributed by atoms with Gasteiger partial charge in [0.05, 0.1) is 7.11 Å². The minimum absolute atomic E-state index is 0.106. The number of anilines is 1. The Balaban J connectivity index is 1.72. The number of hydrogen-bond acceptors (Lipinski definition) is 3. The molecule has 0 saturated carbocycles. The van der Waals surface area contributed by atoms with Gasteiger partial charge in [0.25, 0.3) is 0 Å². The molecule has 0 unspecified atom stereocenters. The zero-order valence-electron chi connectivity index (χ0n) is 14.3. The summed E-state index contributed by atoms with van der Waals surface area (Å²) in [6, 6.07) is 13.2. The van der Waals surface area contributed by atoms with Crippen molar-refractivity contribution in [2.45, 2.75) is 18.4 Å². The topological polar surface area (TPSA) is 79.5 Å². The molecule has 0 aromatic heterocycles. The van der Waals surface area contributed by atoms with E-state index < -0.39 is 12.1 Å². The van der Waals surface area contributed by atoms with Crippen LogP contribution in [-0.2, 0) is 4.79 Å². The van der Waals surface area contributed by atoms with Crippen molar-refractivity contribution < 1.29 is 14.3 Å². The number of halogens is 1. The van der Waals surface area contributed by atoms with E-state index >= 15 is 0 Å². The van der Waals surface area contributed by atoms with Crippen LogP contribution in [0, 0.1) is 0 Å². The van der Waals surface area contributed by atoms with Crippen LogP contribution in [0.3, 0.4) is 0 Å². The quantitative estimate of drug-likeness (QED) is 0.770. The van der Waals surface area contributed by atoms with Crippen molar-refractivity contribution in [3.05, 3.63) is 59.1 Å². The molecule has 0 radical (unpaired) electrons. The Bertz CT molecular complexity index is 778. The molecular formula is C19H20ClN3O3. The van der Waals surface area contributed by atoms with E-state index in [2.05, 4.69) is 16.0 Å². The molecule has 2 aromatic rings. The highest BCUT2D eigenvalue weighted by atomic mass is 35.5. The molecule has 1 fully saturated rings. The number of rotatable bonds is 4. The molecule has 7 heteroatoms. The van der Waals surface area contributed by atoms with E-state index in [4.69, 9.17) is 16.3 Å². The molecule has 3 amide bonds. The molecule has 1 saturated heterocycles. The molecule has 0 aliphatic carbocycles. The second-order valence-corrected chi connectivity index (χ2v) is 6.48. The number of nitrogens with one attached hydrogen (secondary N) is 3. The van der Waals surface area contributed by atoms with Crippen molar-refractivity contribution in [1.82, 2.24) is 10.6 Å². The fraction of sp³-hybridized carbons (Fsp3) is 0.263. The molecule has 3 rings (SSSR count). The van der Waals surface area contributed by atoms with Crippen molar-refractivity contribution in [2.24, 2.45) is 0 Å². The molecule has 0 bridgehead atoms. The Labute approximate surface area is 156 Å². The molecule has 6 nitrogen and oxygen atoms in total. The maximum Gasteiger partial charge on any atom is 0.319 e. The summed E-state index contributed by atoms with van der Waals surface area (Å²) in [6.07, 6.45) is 0.740. The maximum atomic E-state index is 12.3. The van der Waals surface area contributed by atoms with Crippen LogP contribution in [0.2, 0.25) is 5.02 Å². The smallest absolute Gasteiger partial charge is 0.319 e. The normalized spacial score (nSPS) is 19.4. The van der Waals surface area contributed by atoms with E-state index in [-0.39, 0.29) is 11.8 Å². The first-order valence-electron chi connectivity index (χ1n) is 8.31. The summed E-state index contributed by atoms with van der Waals surface area (Å²) < 4.78 is 5.18. The molecule has 2 aromatic carbocycles. The Morgan fingerprint density at radius 3 is 2.50 bits per heavy atom. The Morgan fingerprint density at radius 1 is 1.15 bits per heavy atom. The number of carbonyl (C=O) groups is 2. The first-order chi connectivity index (χ1) is 12.6. The highest BCUT2D eigenvalue weighted by Crippen LogP contribution is 2.28. The monoisotopic (exact) mass is 373 g/mol. The molecule has 1 aliphatic heterocycles. The highest BCUT2D eigenvalue weighted by molar-refractivity contribution is 6.30. The standard InChI is InChI=1S/C19H20ClN3O3/c1-26-15-8-2-12(3-9-15)16-10-11-21-18(24)17(16)23-19(25)22-14-6-4-13(20)5-7-14/h2-9,16-17H,10-11H2,1H3,(H,21,24)(H2,22,23,25)/t16-,17-/m1/s1. The molecule has 3 N–H and O–H groups in total. The van der Waals surface area contributed by atoms with Gasteiger partial charge in [-0.1, -0.05) is 23.7 Å². The van der Waals surface area contributed by atoms with Crippen LogP contribution in [0.4, 0.5) is 10.5 Å². The van der Waals surface area contributed by atoms with Gasteiger partial charge in [-0.3, -0.25) is 4.79 Å². The van der Waals surface area contributed by atoms with Gasteiger partial charge in [0, 0.05) is 23.2 Å². The predicted octanol–water partition coefficient (Wildman–Crippen LogP) is 3.14. The number of ether oxygens (including phenoxy) is 1. The number of urea groups is 1. The van der Waals surface area contributed by atoms with Gasteiger partial charge in [-0.2, -0.15) is 0 Å². The second-order valence-electron chi connectivity index (χ2n) is 6.04. The maximum absolute atomic E-state index is 12.3. The summed E-state index contributed by atoms with van der Waals surface area (Å²) >= 11 is 5.84. The summed E-state index contributed by atoms with van der Waals surface area (Å²) in [4.78, 5) is 24.7. The van der Waals surface area contributed by atoms with Gasteiger partial charge < -0.3 is 20.7 Å². The minimum Gasteiger partial charge on any atom is -0.497 e. The lowest BCUT2D eigenvalue weighted by Gasteiger charge is -2.32. The Hall–Kier alpha value is -2.73. The summed E-state index contributed by atoms with van der Waals surface area (Å²) in [6.45, 7) is 0.576. The fourth-order valence-corrected chi connectivity index (χ4v) is 3.15. The predicted molar refractivity (Wildman–Crippen MR) is 101 cm³/mol. The third-order valence-corrected chi connectivity index (χ3v) is 4.62. The van der Waals surface area contributed by atoms with E-state index in [0.29, 0.717) is 17.3 Å². The molecule has 136 valence electrons. The minimum atomic E-state index is -0.649. The molecule has 0 spiro atoms. The van der Waals surface area contributed by atoms with Crippen molar-refractivity contribution >= 4 is 29.2 Å². The van der Waals surface area contributed by atoms with Gasteiger partial charge in [-0.15, -0.1) is 0 Å². The Morgan fingerprint density at radius 2 is 1.85 bits per heavy atom. The van der Waals surface area contributed by atoms with Crippen LogP contribution in [0.15, 0.2) is 48.5 Å². The summed E-state index contributed by atoms with van der Waals surface area (Å²) in [5.74, 6) is 0.452. The van der Waals surface area contributed by atoms with Crippen molar-refractivity contribution in [3.8, 4) is 5.75 Å². The van der Waals surface area contributed by atoms with E-state index in [1.54, 1.807) is 31.4 Å². The zero-order chi connectivity index (χ0) is 18.5.